The highest BCUT2D eigenvalue weighted by atomic mass is 32.2. The molecule has 1 rings (SSSR count). The summed E-state index contributed by atoms with van der Waals surface area (Å²) in [5.74, 6) is 0.953. The van der Waals surface area contributed by atoms with Crippen LogP contribution in [0.3, 0.4) is 0 Å². The maximum Gasteiger partial charge on any atom is 0.225 e. The van der Waals surface area contributed by atoms with Crippen molar-refractivity contribution < 1.29 is 4.79 Å². The second-order valence-electron chi connectivity index (χ2n) is 5.12. The molecule has 0 aliphatic heterocycles. The normalized spacial score (nSPS) is 11.3. The number of thioether (sulfide) groups is 1. The lowest BCUT2D eigenvalue weighted by Crippen LogP contribution is -2.13. The quantitative estimate of drug-likeness (QED) is 0.884. The van der Waals surface area contributed by atoms with Crippen LogP contribution in [0.5, 0.6) is 0 Å². The topological polar surface area (TPSA) is 29.1 Å². The molecule has 0 unspecified atom stereocenters. The van der Waals surface area contributed by atoms with Crippen LogP contribution in [0.2, 0.25) is 0 Å². The molecule has 1 aromatic carbocycles. The van der Waals surface area contributed by atoms with Crippen LogP contribution in [0, 0.1) is 0 Å². The summed E-state index contributed by atoms with van der Waals surface area (Å²) in [5.41, 5.74) is 2.31. The molecule has 0 atom stereocenters. The van der Waals surface area contributed by atoms with E-state index in [1.807, 2.05) is 18.4 Å². The molecule has 1 aromatic rings. The summed E-state index contributed by atoms with van der Waals surface area (Å²) in [5, 5.41) is 2.90. The number of carbonyl (C=O) groups excluding carboxylic acids is 1. The fourth-order valence-electron chi connectivity index (χ4n) is 1.47. The van der Waals surface area contributed by atoms with Crippen LogP contribution in [0.4, 0.5) is 5.69 Å². The molecule has 0 fully saturated rings. The minimum absolute atomic E-state index is 0.0860. The molecule has 17 heavy (non-hydrogen) atoms. The summed E-state index contributed by atoms with van der Waals surface area (Å²) < 4.78 is 0. The first-order valence-corrected chi connectivity index (χ1v) is 7.22. The molecule has 0 saturated heterocycles. The third kappa shape index (κ3) is 4.82. The minimum atomic E-state index is 0.0860. The van der Waals surface area contributed by atoms with Gasteiger partial charge >= 0.3 is 0 Å². The monoisotopic (exact) mass is 251 g/mol. The molecule has 94 valence electrons. The summed E-state index contributed by atoms with van der Waals surface area (Å²) in [7, 11) is 0. The van der Waals surface area contributed by atoms with Crippen LogP contribution in [-0.2, 0) is 10.2 Å². The van der Waals surface area contributed by atoms with Crippen molar-refractivity contribution in [2.45, 2.75) is 32.6 Å². The van der Waals surface area contributed by atoms with Gasteiger partial charge in [0.25, 0.3) is 0 Å². The van der Waals surface area contributed by atoms with Crippen molar-refractivity contribution in [2.75, 3.05) is 17.3 Å². The average Bonchev–Trinajstić information content (AvgIpc) is 2.26. The van der Waals surface area contributed by atoms with Crippen LogP contribution >= 0.6 is 11.8 Å². The number of benzene rings is 1. The molecule has 0 radical (unpaired) electrons. The zero-order valence-electron chi connectivity index (χ0n) is 11.0. The van der Waals surface area contributed by atoms with Gasteiger partial charge in [-0.15, -0.1) is 0 Å². The third-order valence-corrected chi connectivity index (χ3v) is 3.18. The lowest BCUT2D eigenvalue weighted by atomic mass is 9.87. The summed E-state index contributed by atoms with van der Waals surface area (Å²) in [6.07, 6.45) is 2.58. The lowest BCUT2D eigenvalue weighted by molar-refractivity contribution is -0.115. The number of carbonyl (C=O) groups is 1. The standard InChI is InChI=1S/C14H21NOS/c1-14(2,3)11-5-7-12(8-6-11)15-13(16)9-10-17-4/h5-8H,9-10H2,1-4H3,(H,15,16). The Labute approximate surface area is 108 Å². The molecular formula is C14H21NOS. The van der Waals surface area contributed by atoms with E-state index in [4.69, 9.17) is 0 Å². The van der Waals surface area contributed by atoms with Crippen molar-refractivity contribution in [1.82, 2.24) is 0 Å². The predicted octanol–water partition coefficient (Wildman–Crippen LogP) is 3.68. The first kappa shape index (κ1) is 14.1. The summed E-state index contributed by atoms with van der Waals surface area (Å²) in [6.45, 7) is 6.54. The molecule has 0 aliphatic rings. The molecule has 1 N–H and O–H groups in total. The Kier molecular flexibility index (Phi) is 5.06. The van der Waals surface area contributed by atoms with E-state index in [1.165, 1.54) is 5.56 Å². The Morgan fingerprint density at radius 2 is 1.82 bits per heavy atom. The van der Waals surface area contributed by atoms with Gasteiger partial charge in [0.1, 0.15) is 0 Å². The van der Waals surface area contributed by atoms with Crippen LogP contribution < -0.4 is 5.32 Å². The lowest BCUT2D eigenvalue weighted by Gasteiger charge is -2.19. The molecule has 0 spiro atoms. The average molecular weight is 251 g/mol. The zero-order valence-corrected chi connectivity index (χ0v) is 11.9. The maximum atomic E-state index is 11.5. The Hall–Kier alpha value is -0.960. The predicted molar refractivity (Wildman–Crippen MR) is 76.8 cm³/mol. The highest BCUT2D eigenvalue weighted by Gasteiger charge is 2.13. The number of hydrogen-bond acceptors (Lipinski definition) is 2. The first-order valence-electron chi connectivity index (χ1n) is 5.83. The third-order valence-electron chi connectivity index (χ3n) is 2.57. The largest absolute Gasteiger partial charge is 0.326 e. The molecule has 3 heteroatoms. The van der Waals surface area contributed by atoms with Crippen LogP contribution in [-0.4, -0.2) is 17.9 Å². The number of anilines is 1. The van der Waals surface area contributed by atoms with Crippen molar-refractivity contribution in [3.05, 3.63) is 29.8 Å². The van der Waals surface area contributed by atoms with Crippen LogP contribution in [0.25, 0.3) is 0 Å². The van der Waals surface area contributed by atoms with Gasteiger partial charge in [0, 0.05) is 17.9 Å². The van der Waals surface area contributed by atoms with E-state index in [1.54, 1.807) is 11.8 Å². The van der Waals surface area contributed by atoms with E-state index in [0.717, 1.165) is 11.4 Å². The summed E-state index contributed by atoms with van der Waals surface area (Å²) >= 11 is 1.69. The highest BCUT2D eigenvalue weighted by Crippen LogP contribution is 2.23. The molecular weight excluding hydrogens is 230 g/mol. The van der Waals surface area contributed by atoms with E-state index < -0.39 is 0 Å². The Morgan fingerprint density at radius 1 is 1.24 bits per heavy atom. The summed E-state index contributed by atoms with van der Waals surface area (Å²) in [6, 6.07) is 8.09. The minimum Gasteiger partial charge on any atom is -0.326 e. The van der Waals surface area contributed by atoms with Crippen molar-refractivity contribution in [1.29, 1.82) is 0 Å². The van der Waals surface area contributed by atoms with Gasteiger partial charge in [-0.2, -0.15) is 11.8 Å². The Bertz CT molecular complexity index is 365. The molecule has 0 bridgehead atoms. The number of nitrogens with one attached hydrogen (secondary N) is 1. The Morgan fingerprint density at radius 3 is 2.29 bits per heavy atom. The molecule has 2 nitrogen and oxygen atoms in total. The van der Waals surface area contributed by atoms with E-state index >= 15 is 0 Å². The van der Waals surface area contributed by atoms with Gasteiger partial charge in [-0.25, -0.2) is 0 Å². The van der Waals surface area contributed by atoms with Gasteiger partial charge in [0.05, 0.1) is 0 Å². The number of hydrogen-bond donors (Lipinski definition) is 1. The van der Waals surface area contributed by atoms with Crippen molar-refractivity contribution in [3.63, 3.8) is 0 Å². The molecule has 0 aromatic heterocycles. The van der Waals surface area contributed by atoms with E-state index in [-0.39, 0.29) is 11.3 Å². The second kappa shape index (κ2) is 6.10. The van der Waals surface area contributed by atoms with Crippen molar-refractivity contribution in [2.24, 2.45) is 0 Å². The van der Waals surface area contributed by atoms with E-state index in [0.29, 0.717) is 6.42 Å². The van der Waals surface area contributed by atoms with Crippen molar-refractivity contribution >= 4 is 23.4 Å². The fraction of sp³-hybridized carbons (Fsp3) is 0.500. The van der Waals surface area contributed by atoms with E-state index in [2.05, 4.69) is 38.2 Å². The molecule has 1 amide bonds. The van der Waals surface area contributed by atoms with Gasteiger partial charge in [0.2, 0.25) is 5.91 Å². The number of rotatable bonds is 4. The van der Waals surface area contributed by atoms with Crippen LogP contribution in [0.1, 0.15) is 32.8 Å². The molecule has 0 heterocycles. The van der Waals surface area contributed by atoms with Gasteiger partial charge < -0.3 is 5.32 Å². The van der Waals surface area contributed by atoms with Gasteiger partial charge in [0.15, 0.2) is 0 Å². The second-order valence-corrected chi connectivity index (χ2v) is 6.10. The summed E-state index contributed by atoms with van der Waals surface area (Å²) in [4.78, 5) is 11.5. The molecule has 0 saturated carbocycles. The van der Waals surface area contributed by atoms with Gasteiger partial charge in [-0.3, -0.25) is 4.79 Å². The van der Waals surface area contributed by atoms with E-state index in [9.17, 15) is 4.79 Å². The van der Waals surface area contributed by atoms with Crippen molar-refractivity contribution in [3.8, 4) is 0 Å². The molecule has 0 aliphatic carbocycles. The Balaban J connectivity index is 2.60. The highest BCUT2D eigenvalue weighted by molar-refractivity contribution is 7.98. The SMILES string of the molecule is CSCCC(=O)Nc1ccc(C(C)(C)C)cc1. The van der Waals surface area contributed by atoms with Crippen LogP contribution in [0.15, 0.2) is 24.3 Å². The first-order chi connectivity index (χ1) is 7.93. The fourth-order valence-corrected chi connectivity index (χ4v) is 1.86. The van der Waals surface area contributed by atoms with Gasteiger partial charge in [-0.05, 0) is 29.4 Å². The maximum absolute atomic E-state index is 11.5. The number of amides is 1. The zero-order chi connectivity index (χ0) is 12.9. The van der Waals surface area contributed by atoms with Gasteiger partial charge in [-0.1, -0.05) is 32.9 Å². The smallest absolute Gasteiger partial charge is 0.225 e.